The second-order valence-electron chi connectivity index (χ2n) is 13.2. The van der Waals surface area contributed by atoms with Crippen LogP contribution < -0.4 is 10.2 Å². The number of allylic oxidation sites excluding steroid dienone is 1. The Kier molecular flexibility index (Phi) is 6.55. The zero-order valence-electron chi connectivity index (χ0n) is 24.0. The third-order valence-corrected chi connectivity index (χ3v) is 10.1. The third-order valence-electron chi connectivity index (χ3n) is 9.88. The van der Waals surface area contributed by atoms with E-state index in [1.165, 1.54) is 23.1 Å². The molecule has 9 heteroatoms. The molecule has 42 heavy (non-hydrogen) atoms. The quantitative estimate of drug-likeness (QED) is 0.512. The van der Waals surface area contributed by atoms with E-state index in [0.717, 1.165) is 54.5 Å². The fraction of sp³-hybridized carbons (Fsp3) is 0.455. The number of benzene rings is 2. The van der Waals surface area contributed by atoms with Crippen LogP contribution in [0.2, 0.25) is 5.02 Å². The molecule has 4 saturated heterocycles. The summed E-state index contributed by atoms with van der Waals surface area (Å²) in [6.45, 7) is 7.42. The zero-order valence-corrected chi connectivity index (χ0v) is 24.7. The van der Waals surface area contributed by atoms with Gasteiger partial charge in [0, 0.05) is 48.8 Å². The third kappa shape index (κ3) is 4.65. The molecular weight excluding hydrogens is 552 g/mol. The fourth-order valence-corrected chi connectivity index (χ4v) is 7.62. The smallest absolute Gasteiger partial charge is 0.262 e. The molecule has 4 fully saturated rings. The largest absolute Gasteiger partial charge is 0.368 e. The Morgan fingerprint density at radius 2 is 1.64 bits per heavy atom. The van der Waals surface area contributed by atoms with Gasteiger partial charge in [-0.05, 0) is 79.0 Å². The maximum atomic E-state index is 13.3. The number of amides is 4. The van der Waals surface area contributed by atoms with Gasteiger partial charge in [0.2, 0.25) is 11.8 Å². The van der Waals surface area contributed by atoms with Crippen LogP contribution in [0.4, 0.5) is 5.69 Å². The molecule has 1 aliphatic carbocycles. The molecule has 6 aliphatic rings. The summed E-state index contributed by atoms with van der Waals surface area (Å²) in [6.07, 6.45) is 4.79. The first-order chi connectivity index (χ1) is 20.1. The van der Waals surface area contributed by atoms with Crippen molar-refractivity contribution in [2.75, 3.05) is 24.5 Å². The highest BCUT2D eigenvalue weighted by Gasteiger charge is 2.47. The molecule has 2 aromatic rings. The first-order valence-corrected chi connectivity index (χ1v) is 15.3. The van der Waals surface area contributed by atoms with Gasteiger partial charge in [-0.3, -0.25) is 34.3 Å². The summed E-state index contributed by atoms with van der Waals surface area (Å²) < 4.78 is 0. The zero-order chi connectivity index (χ0) is 29.3. The molecule has 8 rings (SSSR count). The number of rotatable bonds is 5. The SMILES string of the molecule is CC1(C)CCC(CN2C3CC2CN(c2ccc4c(c2)C(=O)N(C2CCC(=O)NC2=O)C4=O)C3)=C(c2ccc(Cl)cc2)C1. The van der Waals surface area contributed by atoms with E-state index in [1.54, 1.807) is 12.1 Å². The first kappa shape index (κ1) is 27.3. The van der Waals surface area contributed by atoms with Gasteiger partial charge in [0.1, 0.15) is 6.04 Å². The van der Waals surface area contributed by atoms with Gasteiger partial charge in [0.05, 0.1) is 11.1 Å². The Hall–Kier alpha value is -3.49. The molecule has 4 amide bonds. The minimum absolute atomic E-state index is 0.109. The lowest BCUT2D eigenvalue weighted by molar-refractivity contribution is -0.136. The number of hydrogen-bond donors (Lipinski definition) is 1. The normalized spacial score (nSPS) is 27.3. The second kappa shape index (κ2) is 10.1. The number of nitrogens with zero attached hydrogens (tertiary/aromatic N) is 3. The van der Waals surface area contributed by atoms with Gasteiger partial charge in [-0.2, -0.15) is 0 Å². The van der Waals surface area contributed by atoms with Gasteiger partial charge < -0.3 is 4.90 Å². The van der Waals surface area contributed by atoms with Crippen molar-refractivity contribution >= 4 is 46.5 Å². The number of piperazine rings is 1. The molecule has 3 unspecified atom stereocenters. The summed E-state index contributed by atoms with van der Waals surface area (Å²) in [7, 11) is 0. The Labute approximate surface area is 250 Å². The average Bonchev–Trinajstić information content (AvgIpc) is 3.21. The fourth-order valence-electron chi connectivity index (χ4n) is 7.50. The molecule has 3 atom stereocenters. The first-order valence-electron chi connectivity index (χ1n) is 14.9. The van der Waals surface area contributed by atoms with Crippen LogP contribution in [-0.2, 0) is 9.59 Å². The highest BCUT2D eigenvalue weighted by atomic mass is 35.5. The van der Waals surface area contributed by atoms with Gasteiger partial charge in [-0.1, -0.05) is 43.2 Å². The van der Waals surface area contributed by atoms with Crippen molar-refractivity contribution in [1.82, 2.24) is 15.1 Å². The highest BCUT2D eigenvalue weighted by molar-refractivity contribution is 6.30. The van der Waals surface area contributed by atoms with E-state index in [0.29, 0.717) is 23.2 Å². The van der Waals surface area contributed by atoms with E-state index < -0.39 is 23.8 Å². The summed E-state index contributed by atoms with van der Waals surface area (Å²) in [6, 6.07) is 13.6. The van der Waals surface area contributed by atoms with Gasteiger partial charge in [-0.25, -0.2) is 0 Å². The van der Waals surface area contributed by atoms with Crippen LogP contribution in [-0.4, -0.2) is 71.2 Å². The van der Waals surface area contributed by atoms with E-state index in [9.17, 15) is 19.2 Å². The van der Waals surface area contributed by atoms with Crippen molar-refractivity contribution in [1.29, 1.82) is 0 Å². The number of anilines is 1. The number of carbonyl (C=O) groups is 4. The lowest BCUT2D eigenvalue weighted by Gasteiger charge is -2.57. The van der Waals surface area contributed by atoms with E-state index >= 15 is 0 Å². The molecule has 1 N–H and O–H groups in total. The van der Waals surface area contributed by atoms with Crippen LogP contribution in [0, 0.1) is 5.41 Å². The molecule has 2 bridgehead atoms. The maximum absolute atomic E-state index is 13.3. The molecular formula is C33H35ClN4O4. The molecule has 5 aliphatic heterocycles. The van der Waals surface area contributed by atoms with Crippen LogP contribution in [0.3, 0.4) is 0 Å². The predicted octanol–water partition coefficient (Wildman–Crippen LogP) is 4.67. The molecule has 218 valence electrons. The van der Waals surface area contributed by atoms with Crippen LogP contribution in [0.5, 0.6) is 0 Å². The summed E-state index contributed by atoms with van der Waals surface area (Å²) >= 11 is 6.19. The Morgan fingerprint density at radius 1 is 0.929 bits per heavy atom. The Morgan fingerprint density at radius 3 is 2.36 bits per heavy atom. The van der Waals surface area contributed by atoms with Crippen LogP contribution in [0.25, 0.3) is 5.57 Å². The number of carbonyl (C=O) groups excluding carboxylic acids is 4. The Bertz CT molecular complexity index is 1540. The molecule has 0 spiro atoms. The van der Waals surface area contributed by atoms with Crippen molar-refractivity contribution < 1.29 is 19.2 Å². The van der Waals surface area contributed by atoms with Crippen molar-refractivity contribution in [3.8, 4) is 0 Å². The lowest BCUT2D eigenvalue weighted by atomic mass is 9.72. The number of imide groups is 2. The summed E-state index contributed by atoms with van der Waals surface area (Å²) in [5.74, 6) is -1.90. The number of hydrogen-bond acceptors (Lipinski definition) is 6. The maximum Gasteiger partial charge on any atom is 0.262 e. The topological polar surface area (TPSA) is 90.0 Å². The van der Waals surface area contributed by atoms with Crippen molar-refractivity contribution in [2.45, 2.75) is 70.5 Å². The molecule has 2 aromatic carbocycles. The highest BCUT2D eigenvalue weighted by Crippen LogP contribution is 2.45. The monoisotopic (exact) mass is 586 g/mol. The summed E-state index contributed by atoms with van der Waals surface area (Å²) in [5, 5.41) is 3.01. The predicted molar refractivity (Wildman–Crippen MR) is 160 cm³/mol. The van der Waals surface area contributed by atoms with Crippen LogP contribution in [0.15, 0.2) is 48.0 Å². The van der Waals surface area contributed by atoms with Crippen molar-refractivity contribution in [3.63, 3.8) is 0 Å². The number of nitrogens with one attached hydrogen (secondary N) is 1. The minimum atomic E-state index is -0.952. The Balaban J connectivity index is 1.07. The van der Waals surface area contributed by atoms with Crippen LogP contribution in [0.1, 0.15) is 78.7 Å². The van der Waals surface area contributed by atoms with Gasteiger partial charge in [0.15, 0.2) is 0 Å². The molecule has 0 aromatic heterocycles. The van der Waals surface area contributed by atoms with E-state index in [4.69, 9.17) is 11.6 Å². The second-order valence-corrected chi connectivity index (χ2v) is 13.7. The van der Waals surface area contributed by atoms with Crippen molar-refractivity contribution in [2.24, 2.45) is 5.41 Å². The molecule has 0 saturated carbocycles. The van der Waals surface area contributed by atoms with E-state index in [1.807, 2.05) is 18.2 Å². The minimum Gasteiger partial charge on any atom is -0.368 e. The molecule has 0 radical (unpaired) electrons. The lowest BCUT2D eigenvalue weighted by Crippen LogP contribution is -2.69. The van der Waals surface area contributed by atoms with Gasteiger partial charge in [0.25, 0.3) is 11.8 Å². The van der Waals surface area contributed by atoms with Crippen LogP contribution >= 0.6 is 11.6 Å². The number of piperidine rings is 2. The summed E-state index contributed by atoms with van der Waals surface area (Å²) in [5.41, 5.74) is 6.13. The number of fused-ring (bicyclic) bond motifs is 3. The van der Waals surface area contributed by atoms with Gasteiger partial charge in [-0.15, -0.1) is 0 Å². The molecule has 8 nitrogen and oxygen atoms in total. The number of halogens is 1. The van der Waals surface area contributed by atoms with E-state index in [2.05, 4.69) is 41.1 Å². The molecule has 5 heterocycles. The average molecular weight is 587 g/mol. The van der Waals surface area contributed by atoms with E-state index in [-0.39, 0.29) is 24.2 Å². The summed E-state index contributed by atoms with van der Waals surface area (Å²) in [4.78, 5) is 56.4. The standard InChI is InChI=1S/C33H35ClN4O4/c1-33(2)12-11-20(27(15-33)19-3-5-21(34)6-4-19)16-37-23-13-24(37)18-36(17-23)22-7-8-25-26(14-22)32(42)38(31(25)41)28-9-10-29(39)35-30(28)40/h3-8,14,23-24,28H,9-13,15-18H2,1-2H3,(H,35,39,40). The van der Waals surface area contributed by atoms with Gasteiger partial charge >= 0.3 is 0 Å². The van der Waals surface area contributed by atoms with Crippen molar-refractivity contribution in [3.05, 3.63) is 69.8 Å².